The molecule has 1 saturated heterocycles. The molecule has 0 spiro atoms. The highest BCUT2D eigenvalue weighted by molar-refractivity contribution is 4.87. The van der Waals surface area contributed by atoms with Crippen LogP contribution in [0.4, 0.5) is 0 Å². The molecule has 0 amide bonds. The van der Waals surface area contributed by atoms with Crippen LogP contribution in [0, 0.1) is 0 Å². The second-order valence-electron chi connectivity index (χ2n) is 3.50. The van der Waals surface area contributed by atoms with E-state index < -0.39 is 0 Å². The number of H-pyrrole nitrogens is 1. The van der Waals surface area contributed by atoms with E-state index in [0.717, 1.165) is 25.9 Å². The number of hydrogen-bond donors (Lipinski definition) is 2. The normalized spacial score (nSPS) is 18.3. The average Bonchev–Trinajstić information content (AvgIpc) is 2.19. The van der Waals surface area contributed by atoms with Gasteiger partial charge in [0.05, 0.1) is 0 Å². The second kappa shape index (κ2) is 3.79. The Morgan fingerprint density at radius 2 is 2.00 bits per heavy atom. The Morgan fingerprint density at radius 1 is 1.29 bits per heavy atom. The lowest BCUT2D eigenvalue weighted by atomic mass is 10.1. The Labute approximate surface area is 80.8 Å². The van der Waals surface area contributed by atoms with E-state index in [2.05, 4.69) is 10.3 Å². The maximum Gasteiger partial charge on any atom is 0.328 e. The zero-order chi connectivity index (χ0) is 9.97. The molecule has 76 valence electrons. The van der Waals surface area contributed by atoms with Crippen LogP contribution in [0.1, 0.15) is 18.9 Å². The van der Waals surface area contributed by atoms with Crippen molar-refractivity contribution in [3.63, 3.8) is 0 Å². The molecule has 0 atom stereocenters. The van der Waals surface area contributed by atoms with E-state index in [1.54, 1.807) is 10.8 Å². The van der Waals surface area contributed by atoms with E-state index in [4.69, 9.17) is 0 Å². The van der Waals surface area contributed by atoms with Gasteiger partial charge in [-0.15, -0.1) is 0 Å². The number of rotatable bonds is 1. The molecule has 2 heterocycles. The third-order valence-electron chi connectivity index (χ3n) is 2.55. The maximum atomic E-state index is 11.4. The predicted molar refractivity (Wildman–Crippen MR) is 52.5 cm³/mol. The molecule has 5 nitrogen and oxygen atoms in total. The molecule has 1 fully saturated rings. The highest BCUT2D eigenvalue weighted by Gasteiger charge is 2.15. The molecule has 0 radical (unpaired) electrons. The lowest BCUT2D eigenvalue weighted by Crippen LogP contribution is -2.36. The van der Waals surface area contributed by atoms with Gasteiger partial charge in [0.15, 0.2) is 0 Å². The van der Waals surface area contributed by atoms with Crippen LogP contribution in [0.5, 0.6) is 0 Å². The summed E-state index contributed by atoms with van der Waals surface area (Å²) >= 11 is 0. The molecular weight excluding hydrogens is 182 g/mol. The van der Waals surface area contributed by atoms with E-state index in [1.807, 2.05) is 0 Å². The van der Waals surface area contributed by atoms with Crippen LogP contribution in [-0.4, -0.2) is 22.6 Å². The first kappa shape index (κ1) is 9.21. The van der Waals surface area contributed by atoms with Crippen LogP contribution in [-0.2, 0) is 0 Å². The molecule has 0 bridgehead atoms. The van der Waals surface area contributed by atoms with Crippen LogP contribution in [0.25, 0.3) is 0 Å². The van der Waals surface area contributed by atoms with Crippen molar-refractivity contribution in [1.82, 2.24) is 14.9 Å². The first-order chi connectivity index (χ1) is 6.77. The van der Waals surface area contributed by atoms with Crippen molar-refractivity contribution < 1.29 is 0 Å². The third kappa shape index (κ3) is 1.77. The fourth-order valence-corrected chi connectivity index (χ4v) is 1.80. The Kier molecular flexibility index (Phi) is 2.49. The van der Waals surface area contributed by atoms with Gasteiger partial charge in [-0.25, -0.2) is 4.79 Å². The minimum Gasteiger partial charge on any atom is -0.317 e. The molecule has 1 aromatic rings. The van der Waals surface area contributed by atoms with Crippen molar-refractivity contribution >= 4 is 0 Å². The lowest BCUT2D eigenvalue weighted by Gasteiger charge is -2.23. The molecular formula is C9H13N3O2. The minimum absolute atomic E-state index is 0.223. The topological polar surface area (TPSA) is 66.9 Å². The van der Waals surface area contributed by atoms with E-state index in [0.29, 0.717) is 0 Å². The van der Waals surface area contributed by atoms with Crippen molar-refractivity contribution in [2.45, 2.75) is 18.9 Å². The minimum atomic E-state index is -0.333. The standard InChI is InChI=1S/C9H13N3O2/c13-8-3-6-12(9(14)11-8)7-1-4-10-5-2-7/h3,6-7,10H,1-2,4-5H2,(H,11,13,14). The fraction of sp³-hybridized carbons (Fsp3) is 0.556. The summed E-state index contributed by atoms with van der Waals surface area (Å²) in [5.41, 5.74) is -0.635. The van der Waals surface area contributed by atoms with Gasteiger partial charge in [-0.05, 0) is 25.9 Å². The van der Waals surface area contributed by atoms with Crippen LogP contribution in [0.3, 0.4) is 0 Å². The summed E-state index contributed by atoms with van der Waals surface area (Å²) in [6.07, 6.45) is 3.45. The van der Waals surface area contributed by atoms with Crippen LogP contribution >= 0.6 is 0 Å². The molecule has 0 aliphatic carbocycles. The summed E-state index contributed by atoms with van der Waals surface area (Å²) < 4.78 is 1.61. The lowest BCUT2D eigenvalue weighted by molar-refractivity contribution is 0.356. The van der Waals surface area contributed by atoms with Crippen molar-refractivity contribution in [3.05, 3.63) is 33.1 Å². The Morgan fingerprint density at radius 3 is 2.64 bits per heavy atom. The number of aromatic nitrogens is 2. The first-order valence-electron chi connectivity index (χ1n) is 4.79. The molecule has 2 N–H and O–H groups in total. The molecule has 14 heavy (non-hydrogen) atoms. The number of aromatic amines is 1. The van der Waals surface area contributed by atoms with Gasteiger partial charge >= 0.3 is 5.69 Å². The van der Waals surface area contributed by atoms with Gasteiger partial charge in [-0.2, -0.15) is 0 Å². The van der Waals surface area contributed by atoms with Gasteiger partial charge in [0.25, 0.3) is 5.56 Å². The smallest absolute Gasteiger partial charge is 0.317 e. The molecule has 1 aliphatic heterocycles. The number of nitrogens with one attached hydrogen (secondary N) is 2. The summed E-state index contributed by atoms with van der Waals surface area (Å²) in [5, 5.41) is 3.23. The second-order valence-corrected chi connectivity index (χ2v) is 3.50. The van der Waals surface area contributed by atoms with Crippen molar-refractivity contribution in [2.24, 2.45) is 0 Å². The summed E-state index contributed by atoms with van der Waals surface area (Å²) in [6, 6.07) is 1.62. The van der Waals surface area contributed by atoms with Crippen LogP contribution < -0.4 is 16.6 Å². The van der Waals surface area contributed by atoms with Gasteiger partial charge in [0.1, 0.15) is 0 Å². The molecule has 1 aromatic heterocycles. The monoisotopic (exact) mass is 195 g/mol. The summed E-state index contributed by atoms with van der Waals surface area (Å²) in [6.45, 7) is 1.85. The van der Waals surface area contributed by atoms with Crippen LogP contribution in [0.15, 0.2) is 21.9 Å². The molecule has 0 unspecified atom stereocenters. The highest BCUT2D eigenvalue weighted by Crippen LogP contribution is 2.14. The fourth-order valence-electron chi connectivity index (χ4n) is 1.80. The Hall–Kier alpha value is -1.36. The van der Waals surface area contributed by atoms with Crippen molar-refractivity contribution in [3.8, 4) is 0 Å². The van der Waals surface area contributed by atoms with E-state index in [-0.39, 0.29) is 17.3 Å². The SMILES string of the molecule is O=c1ccn(C2CCNCC2)c(=O)[nH]1. The largest absolute Gasteiger partial charge is 0.328 e. The highest BCUT2D eigenvalue weighted by atomic mass is 16.2. The van der Waals surface area contributed by atoms with Gasteiger partial charge in [-0.1, -0.05) is 0 Å². The molecule has 5 heteroatoms. The zero-order valence-corrected chi connectivity index (χ0v) is 7.82. The van der Waals surface area contributed by atoms with Crippen molar-refractivity contribution in [2.75, 3.05) is 13.1 Å². The van der Waals surface area contributed by atoms with Gasteiger partial charge in [0.2, 0.25) is 0 Å². The van der Waals surface area contributed by atoms with Crippen LogP contribution in [0.2, 0.25) is 0 Å². The Balaban J connectivity index is 2.31. The molecule has 1 aliphatic rings. The van der Waals surface area contributed by atoms with Gasteiger partial charge in [-0.3, -0.25) is 14.3 Å². The third-order valence-corrected chi connectivity index (χ3v) is 2.55. The van der Waals surface area contributed by atoms with Gasteiger partial charge < -0.3 is 5.32 Å². The van der Waals surface area contributed by atoms with E-state index >= 15 is 0 Å². The number of hydrogen-bond acceptors (Lipinski definition) is 3. The predicted octanol–water partition coefficient (Wildman–Crippen LogP) is -0.539. The summed E-state index contributed by atoms with van der Waals surface area (Å²) in [4.78, 5) is 24.5. The average molecular weight is 195 g/mol. The number of nitrogens with zero attached hydrogens (tertiary/aromatic N) is 1. The molecule has 2 rings (SSSR count). The van der Waals surface area contributed by atoms with Gasteiger partial charge in [0, 0.05) is 18.3 Å². The maximum absolute atomic E-state index is 11.4. The number of piperidine rings is 1. The summed E-state index contributed by atoms with van der Waals surface area (Å²) in [7, 11) is 0. The zero-order valence-electron chi connectivity index (χ0n) is 7.82. The van der Waals surface area contributed by atoms with E-state index in [1.165, 1.54) is 6.07 Å². The Bertz CT molecular complexity index is 415. The molecule has 0 saturated carbocycles. The van der Waals surface area contributed by atoms with Crippen molar-refractivity contribution in [1.29, 1.82) is 0 Å². The summed E-state index contributed by atoms with van der Waals surface area (Å²) in [5.74, 6) is 0. The van der Waals surface area contributed by atoms with E-state index in [9.17, 15) is 9.59 Å². The first-order valence-corrected chi connectivity index (χ1v) is 4.79. The quantitative estimate of drug-likeness (QED) is 0.632. The molecule has 0 aromatic carbocycles.